The number of halogens is 1. The standard InChI is InChI=1S/C21H22BFN6O8S/c1-2-28-5-6-29(18(32)17(28)31)21(35)27-14(11-8-38-20(24)25-11)16(30)26-12-7-9-3-4-10(23)13(19(33)34)15(9)37-22(12)36/h3-4,8,12,14,36H,2,5-7H2,1H3,(H2,24,25)(H,26,30)(H,27,35)(H,33,34)/t12-,14?/m0/s1. The zero-order valence-corrected chi connectivity index (χ0v) is 20.7. The monoisotopic (exact) mass is 548 g/mol. The number of carbonyl (C=O) groups is 5. The van der Waals surface area contributed by atoms with E-state index in [-0.39, 0.29) is 41.6 Å². The van der Waals surface area contributed by atoms with E-state index in [1.165, 1.54) is 16.3 Å². The number of amides is 5. The Bertz CT molecular complexity index is 1320. The van der Waals surface area contributed by atoms with Crippen molar-refractivity contribution in [1.82, 2.24) is 25.4 Å². The van der Waals surface area contributed by atoms with Crippen LogP contribution in [0.3, 0.4) is 0 Å². The molecular weight excluding hydrogens is 526 g/mol. The van der Waals surface area contributed by atoms with Crippen LogP contribution in [0.5, 0.6) is 5.75 Å². The van der Waals surface area contributed by atoms with Crippen molar-refractivity contribution < 1.29 is 43.1 Å². The number of nitrogen functional groups attached to an aromatic ring is 1. The Labute approximate surface area is 218 Å². The number of hydrogen-bond donors (Lipinski definition) is 5. The fourth-order valence-electron chi connectivity index (χ4n) is 4.10. The molecule has 1 aromatic carbocycles. The molecule has 17 heteroatoms. The second-order valence-electron chi connectivity index (χ2n) is 8.38. The molecule has 1 fully saturated rings. The van der Waals surface area contributed by atoms with Crippen LogP contribution in [0, 0.1) is 5.82 Å². The van der Waals surface area contributed by atoms with E-state index in [0.29, 0.717) is 11.4 Å². The minimum Gasteiger partial charge on any atom is -0.534 e. The van der Waals surface area contributed by atoms with Crippen LogP contribution >= 0.6 is 11.3 Å². The molecular formula is C21H22BFN6O8S. The Morgan fingerprint density at radius 3 is 2.68 bits per heavy atom. The van der Waals surface area contributed by atoms with E-state index in [2.05, 4.69) is 15.6 Å². The molecule has 4 rings (SSSR count). The number of anilines is 1. The molecule has 0 bridgehead atoms. The van der Waals surface area contributed by atoms with E-state index in [9.17, 15) is 38.5 Å². The lowest BCUT2D eigenvalue weighted by atomic mass is 9.72. The van der Waals surface area contributed by atoms with Crippen LogP contribution in [0.15, 0.2) is 17.5 Å². The molecule has 1 aromatic heterocycles. The van der Waals surface area contributed by atoms with Gasteiger partial charge in [-0.25, -0.2) is 19.0 Å². The summed E-state index contributed by atoms with van der Waals surface area (Å²) in [7, 11) is -1.76. The molecule has 1 unspecified atom stereocenters. The molecule has 14 nitrogen and oxygen atoms in total. The summed E-state index contributed by atoms with van der Waals surface area (Å²) in [4.78, 5) is 68.2. The summed E-state index contributed by atoms with van der Waals surface area (Å²) in [6.45, 7) is 2.01. The summed E-state index contributed by atoms with van der Waals surface area (Å²) < 4.78 is 19.2. The molecule has 0 spiro atoms. The fraction of sp³-hybridized carbons (Fsp3) is 0.333. The maximum absolute atomic E-state index is 14.0. The number of carbonyl (C=O) groups excluding carboxylic acids is 4. The van der Waals surface area contributed by atoms with Crippen molar-refractivity contribution in [3.05, 3.63) is 40.2 Å². The number of thiazole rings is 1. The first-order valence-corrected chi connectivity index (χ1v) is 12.2. The summed E-state index contributed by atoms with van der Waals surface area (Å²) >= 11 is 0.989. The van der Waals surface area contributed by atoms with Gasteiger partial charge in [0.05, 0.1) is 11.6 Å². The summed E-state index contributed by atoms with van der Waals surface area (Å²) in [5, 5.41) is 26.1. The van der Waals surface area contributed by atoms with Crippen LogP contribution in [-0.4, -0.2) is 87.3 Å². The van der Waals surface area contributed by atoms with E-state index >= 15 is 0 Å². The summed E-state index contributed by atoms with van der Waals surface area (Å²) in [6.07, 6.45) is -0.130. The number of fused-ring (bicyclic) bond motifs is 1. The Hall–Kier alpha value is -4.25. The molecule has 0 saturated carbocycles. The van der Waals surface area contributed by atoms with Crippen molar-refractivity contribution in [3.8, 4) is 5.75 Å². The molecule has 0 aliphatic carbocycles. The third-order valence-corrected chi connectivity index (χ3v) is 6.75. The van der Waals surface area contributed by atoms with E-state index in [0.717, 1.165) is 17.4 Å². The highest BCUT2D eigenvalue weighted by atomic mass is 32.1. The number of likely N-dealkylation sites (N-methyl/N-ethyl adjacent to an activating group) is 1. The molecule has 5 amide bonds. The molecule has 3 heterocycles. The average molecular weight is 548 g/mol. The molecule has 38 heavy (non-hydrogen) atoms. The van der Waals surface area contributed by atoms with Gasteiger partial charge < -0.3 is 36.1 Å². The first-order chi connectivity index (χ1) is 18.0. The van der Waals surface area contributed by atoms with Crippen molar-refractivity contribution in [1.29, 1.82) is 0 Å². The number of urea groups is 1. The van der Waals surface area contributed by atoms with Crippen LogP contribution < -0.4 is 21.0 Å². The number of aromatic nitrogens is 1. The smallest absolute Gasteiger partial charge is 0.534 e. The number of carboxylic acids is 1. The van der Waals surface area contributed by atoms with E-state index in [1.807, 2.05) is 0 Å². The van der Waals surface area contributed by atoms with Gasteiger partial charge >= 0.3 is 30.9 Å². The summed E-state index contributed by atoms with van der Waals surface area (Å²) in [5.41, 5.74) is 5.18. The van der Waals surface area contributed by atoms with Gasteiger partial charge in [-0.2, -0.15) is 0 Å². The van der Waals surface area contributed by atoms with Crippen molar-refractivity contribution in [2.45, 2.75) is 25.3 Å². The van der Waals surface area contributed by atoms with Gasteiger partial charge in [0.15, 0.2) is 11.2 Å². The van der Waals surface area contributed by atoms with Crippen molar-refractivity contribution in [3.63, 3.8) is 0 Å². The number of imide groups is 1. The molecule has 6 N–H and O–H groups in total. The molecule has 2 aliphatic heterocycles. The highest BCUT2D eigenvalue weighted by Crippen LogP contribution is 2.32. The van der Waals surface area contributed by atoms with Gasteiger partial charge in [-0.1, -0.05) is 6.07 Å². The second-order valence-corrected chi connectivity index (χ2v) is 9.27. The number of benzene rings is 1. The van der Waals surface area contributed by atoms with Crippen LogP contribution in [0.4, 0.5) is 14.3 Å². The first-order valence-electron chi connectivity index (χ1n) is 11.3. The van der Waals surface area contributed by atoms with E-state index in [4.69, 9.17) is 10.4 Å². The predicted molar refractivity (Wildman–Crippen MR) is 129 cm³/mol. The lowest BCUT2D eigenvalue weighted by molar-refractivity contribution is -0.153. The first kappa shape index (κ1) is 26.8. The molecule has 2 atom stereocenters. The lowest BCUT2D eigenvalue weighted by Crippen LogP contribution is -2.60. The van der Waals surface area contributed by atoms with E-state index in [1.54, 1.807) is 6.92 Å². The Morgan fingerprint density at radius 2 is 2.05 bits per heavy atom. The maximum atomic E-state index is 14.0. The molecule has 1 saturated heterocycles. The minimum atomic E-state index is -1.76. The zero-order valence-electron chi connectivity index (χ0n) is 19.8. The van der Waals surface area contributed by atoms with Gasteiger partial charge in [0.25, 0.3) is 0 Å². The largest absolute Gasteiger partial charge is 0.547 e. The van der Waals surface area contributed by atoms with Crippen LogP contribution in [0.2, 0.25) is 0 Å². The highest BCUT2D eigenvalue weighted by molar-refractivity contribution is 7.13. The molecule has 2 aliphatic rings. The number of rotatable bonds is 6. The summed E-state index contributed by atoms with van der Waals surface area (Å²) in [5.74, 6) is -6.91. The molecule has 0 radical (unpaired) electrons. The van der Waals surface area contributed by atoms with E-state index < -0.39 is 60.2 Å². The van der Waals surface area contributed by atoms with Crippen LogP contribution in [0.25, 0.3) is 0 Å². The van der Waals surface area contributed by atoms with Crippen molar-refractivity contribution >= 4 is 53.3 Å². The minimum absolute atomic E-state index is 0.0335. The number of nitrogens with zero attached hydrogens (tertiary/aromatic N) is 3. The van der Waals surface area contributed by atoms with Gasteiger partial charge in [-0.3, -0.25) is 19.3 Å². The van der Waals surface area contributed by atoms with Gasteiger partial charge in [0.1, 0.15) is 17.1 Å². The lowest BCUT2D eigenvalue weighted by Gasteiger charge is -2.33. The average Bonchev–Trinajstić information content (AvgIpc) is 3.30. The number of carboxylic acid groups (broad SMARTS) is 1. The van der Waals surface area contributed by atoms with Gasteiger partial charge in [0.2, 0.25) is 5.91 Å². The van der Waals surface area contributed by atoms with Gasteiger partial charge in [-0.05, 0) is 25.0 Å². The predicted octanol–water partition coefficient (Wildman–Crippen LogP) is -0.856. The third-order valence-electron chi connectivity index (χ3n) is 6.05. The molecule has 2 aromatic rings. The third kappa shape index (κ3) is 5.10. The topological polar surface area (TPSA) is 204 Å². The van der Waals surface area contributed by atoms with Crippen LogP contribution in [-0.2, 0) is 20.8 Å². The Balaban J connectivity index is 1.54. The van der Waals surface area contributed by atoms with Crippen LogP contribution in [0.1, 0.15) is 34.6 Å². The van der Waals surface area contributed by atoms with Crippen molar-refractivity contribution in [2.75, 3.05) is 25.4 Å². The van der Waals surface area contributed by atoms with Gasteiger partial charge in [0, 0.05) is 25.0 Å². The maximum Gasteiger partial charge on any atom is 0.547 e. The SMILES string of the molecule is CCN1CCN(C(=O)NC(C(=O)N[C@H]2Cc3ccc(F)c(C(=O)O)c3OB2O)c2csc(N)n2)C(=O)C1=O. The quantitative estimate of drug-likeness (QED) is 0.223. The van der Waals surface area contributed by atoms with Gasteiger partial charge in [-0.15, -0.1) is 11.3 Å². The Kier molecular flexibility index (Phi) is 7.50. The molecule has 200 valence electrons. The number of aromatic carboxylic acids is 1. The normalized spacial score (nSPS) is 18.0. The Morgan fingerprint density at radius 1 is 1.32 bits per heavy atom. The zero-order chi connectivity index (χ0) is 27.7. The fourth-order valence-corrected chi connectivity index (χ4v) is 4.69. The number of hydrogen-bond acceptors (Lipinski definition) is 10. The number of piperazine rings is 1. The number of nitrogens with two attached hydrogens (primary N) is 1. The summed E-state index contributed by atoms with van der Waals surface area (Å²) in [6, 6.07) is -0.307. The highest BCUT2D eigenvalue weighted by Gasteiger charge is 2.41. The number of nitrogens with one attached hydrogen (secondary N) is 2. The van der Waals surface area contributed by atoms with Crippen molar-refractivity contribution in [2.24, 2.45) is 0 Å². The second kappa shape index (κ2) is 10.6.